The summed E-state index contributed by atoms with van der Waals surface area (Å²) >= 11 is 0. The van der Waals surface area contributed by atoms with Gasteiger partial charge in [-0.1, -0.05) is 48.0 Å². The van der Waals surface area contributed by atoms with Gasteiger partial charge in [0.05, 0.1) is 23.9 Å². The van der Waals surface area contributed by atoms with Crippen molar-refractivity contribution in [3.05, 3.63) is 76.9 Å². The Morgan fingerprint density at radius 3 is 2.32 bits per heavy atom. The van der Waals surface area contributed by atoms with Crippen molar-refractivity contribution in [3.63, 3.8) is 0 Å². The van der Waals surface area contributed by atoms with Gasteiger partial charge in [0, 0.05) is 5.56 Å². The van der Waals surface area contributed by atoms with Gasteiger partial charge in [-0.3, -0.25) is 4.79 Å². The summed E-state index contributed by atoms with van der Waals surface area (Å²) in [6.45, 7) is 5.51. The van der Waals surface area contributed by atoms with Gasteiger partial charge in [-0.15, -0.1) is 0 Å². The molecule has 2 aromatic rings. The number of hydrogen-bond donors (Lipinski definition) is 1. The van der Waals surface area contributed by atoms with Crippen molar-refractivity contribution in [1.29, 1.82) is 0 Å². The molecule has 1 aliphatic heterocycles. The Kier molecular flexibility index (Phi) is 5.59. The number of nitrogens with zero attached hydrogens (tertiary/aromatic N) is 1. The maximum absolute atomic E-state index is 13.2. The standard InChI is InChI=1S/C22H22N2O4/c1-4-28-21(26)18-15(3)23-22(27)24(19(18)16-8-6-5-7-9-16)20(25)17-12-10-14(2)11-13-17/h5-13,15H,4H2,1-3H3,(H,23,27). The van der Waals surface area contributed by atoms with Gasteiger partial charge in [-0.25, -0.2) is 14.5 Å². The summed E-state index contributed by atoms with van der Waals surface area (Å²) < 4.78 is 5.20. The zero-order valence-corrected chi connectivity index (χ0v) is 16.1. The average Bonchev–Trinajstić information content (AvgIpc) is 2.68. The van der Waals surface area contributed by atoms with Crippen molar-refractivity contribution in [1.82, 2.24) is 10.2 Å². The number of benzene rings is 2. The SMILES string of the molecule is CCOC(=O)C1=C(c2ccccc2)N(C(=O)c2ccc(C)cc2)C(=O)NC1C. The van der Waals surface area contributed by atoms with Crippen LogP contribution in [0.25, 0.3) is 5.70 Å². The molecule has 0 bridgehead atoms. The summed E-state index contributed by atoms with van der Waals surface area (Å²) in [5.41, 5.74) is 2.44. The van der Waals surface area contributed by atoms with Gasteiger partial charge in [0.1, 0.15) is 0 Å². The molecule has 1 atom stereocenters. The molecule has 1 N–H and O–H groups in total. The minimum atomic E-state index is -0.594. The normalized spacial score (nSPS) is 16.6. The molecule has 0 saturated carbocycles. The van der Waals surface area contributed by atoms with E-state index in [0.717, 1.165) is 10.5 Å². The summed E-state index contributed by atoms with van der Waals surface area (Å²) in [5.74, 6) is -1.07. The molecule has 28 heavy (non-hydrogen) atoms. The maximum atomic E-state index is 13.2. The molecule has 3 amide bonds. The van der Waals surface area contributed by atoms with E-state index in [4.69, 9.17) is 4.74 Å². The molecule has 1 aliphatic rings. The molecule has 6 nitrogen and oxygen atoms in total. The van der Waals surface area contributed by atoms with E-state index in [1.165, 1.54) is 0 Å². The van der Waals surface area contributed by atoms with Crippen LogP contribution in [-0.2, 0) is 9.53 Å². The van der Waals surface area contributed by atoms with Crippen LogP contribution >= 0.6 is 0 Å². The Morgan fingerprint density at radius 1 is 1.07 bits per heavy atom. The van der Waals surface area contributed by atoms with E-state index in [1.807, 2.05) is 13.0 Å². The molecule has 2 aromatic carbocycles. The van der Waals surface area contributed by atoms with Gasteiger partial charge < -0.3 is 10.1 Å². The lowest BCUT2D eigenvalue weighted by Gasteiger charge is -2.34. The van der Waals surface area contributed by atoms with E-state index >= 15 is 0 Å². The number of amides is 3. The first-order chi connectivity index (χ1) is 13.4. The van der Waals surface area contributed by atoms with E-state index in [9.17, 15) is 14.4 Å². The highest BCUT2D eigenvalue weighted by molar-refractivity contribution is 6.15. The van der Waals surface area contributed by atoms with Crippen molar-refractivity contribution < 1.29 is 19.1 Å². The van der Waals surface area contributed by atoms with Crippen molar-refractivity contribution >= 4 is 23.6 Å². The number of esters is 1. The lowest BCUT2D eigenvalue weighted by molar-refractivity contribution is -0.138. The fraction of sp³-hybridized carbons (Fsp3) is 0.227. The Bertz CT molecular complexity index is 933. The molecule has 0 radical (unpaired) electrons. The molecule has 1 unspecified atom stereocenters. The van der Waals surface area contributed by atoms with Crippen LogP contribution in [0.4, 0.5) is 4.79 Å². The number of nitrogens with one attached hydrogen (secondary N) is 1. The molecule has 0 fully saturated rings. The number of hydrogen-bond acceptors (Lipinski definition) is 4. The zero-order chi connectivity index (χ0) is 20.3. The third kappa shape index (κ3) is 3.67. The van der Waals surface area contributed by atoms with E-state index in [1.54, 1.807) is 62.4 Å². The Labute approximate surface area is 163 Å². The fourth-order valence-corrected chi connectivity index (χ4v) is 3.13. The van der Waals surface area contributed by atoms with Gasteiger partial charge >= 0.3 is 12.0 Å². The number of ether oxygens (including phenoxy) is 1. The molecule has 0 aromatic heterocycles. The summed E-state index contributed by atoms with van der Waals surface area (Å²) in [6, 6.07) is 14.7. The molecular formula is C22H22N2O4. The molecular weight excluding hydrogens is 356 g/mol. The first-order valence-corrected chi connectivity index (χ1v) is 9.12. The predicted octanol–water partition coefficient (Wildman–Crippen LogP) is 3.52. The van der Waals surface area contributed by atoms with Crippen LogP contribution in [0.1, 0.15) is 35.3 Å². The van der Waals surface area contributed by atoms with E-state index in [2.05, 4.69) is 5.32 Å². The number of carbonyl (C=O) groups excluding carboxylic acids is 3. The summed E-state index contributed by atoms with van der Waals surface area (Å²) in [6.07, 6.45) is 0. The van der Waals surface area contributed by atoms with Crippen LogP contribution in [-0.4, -0.2) is 35.5 Å². The smallest absolute Gasteiger partial charge is 0.338 e. The van der Waals surface area contributed by atoms with E-state index < -0.39 is 23.9 Å². The van der Waals surface area contributed by atoms with Crippen molar-refractivity contribution in [2.45, 2.75) is 26.8 Å². The minimum Gasteiger partial charge on any atom is -0.463 e. The third-order valence-electron chi connectivity index (χ3n) is 4.50. The fourth-order valence-electron chi connectivity index (χ4n) is 3.13. The van der Waals surface area contributed by atoms with Gasteiger partial charge in [-0.2, -0.15) is 0 Å². The van der Waals surface area contributed by atoms with Gasteiger partial charge in [0.15, 0.2) is 0 Å². The second-order valence-corrected chi connectivity index (χ2v) is 6.53. The molecule has 0 spiro atoms. The van der Waals surface area contributed by atoms with Crippen molar-refractivity contribution in [3.8, 4) is 0 Å². The maximum Gasteiger partial charge on any atom is 0.338 e. The van der Waals surface area contributed by atoms with Crippen molar-refractivity contribution in [2.24, 2.45) is 0 Å². The van der Waals surface area contributed by atoms with Crippen LogP contribution in [0, 0.1) is 6.92 Å². The van der Waals surface area contributed by atoms with Crippen molar-refractivity contribution in [2.75, 3.05) is 6.61 Å². The second-order valence-electron chi connectivity index (χ2n) is 6.53. The number of rotatable bonds is 4. The van der Waals surface area contributed by atoms with Gasteiger partial charge in [0.2, 0.25) is 0 Å². The molecule has 0 aliphatic carbocycles. The summed E-state index contributed by atoms with van der Waals surface area (Å²) in [4.78, 5) is 39.7. The van der Waals surface area contributed by atoms with Gasteiger partial charge in [0.25, 0.3) is 5.91 Å². The molecule has 6 heteroatoms. The molecule has 1 heterocycles. The first kappa shape index (κ1) is 19.4. The van der Waals surface area contributed by atoms with Gasteiger partial charge in [-0.05, 0) is 38.5 Å². The van der Waals surface area contributed by atoms with Crippen LogP contribution in [0.2, 0.25) is 0 Å². The first-order valence-electron chi connectivity index (χ1n) is 9.12. The van der Waals surface area contributed by atoms with Crippen LogP contribution in [0.15, 0.2) is 60.2 Å². The number of carbonyl (C=O) groups is 3. The largest absolute Gasteiger partial charge is 0.463 e. The lowest BCUT2D eigenvalue weighted by atomic mass is 9.97. The highest BCUT2D eigenvalue weighted by Gasteiger charge is 2.39. The van der Waals surface area contributed by atoms with E-state index in [-0.39, 0.29) is 17.9 Å². The number of aryl methyl sites for hydroxylation is 1. The molecule has 0 saturated heterocycles. The predicted molar refractivity (Wildman–Crippen MR) is 105 cm³/mol. The second kappa shape index (κ2) is 8.08. The Hall–Kier alpha value is -3.41. The number of urea groups is 1. The highest BCUT2D eigenvalue weighted by Crippen LogP contribution is 2.31. The highest BCUT2D eigenvalue weighted by atomic mass is 16.5. The zero-order valence-electron chi connectivity index (χ0n) is 16.1. The van der Waals surface area contributed by atoms with E-state index in [0.29, 0.717) is 11.1 Å². The summed E-state index contributed by atoms with van der Waals surface area (Å²) in [7, 11) is 0. The Balaban J connectivity index is 2.20. The van der Waals surface area contributed by atoms with Crippen LogP contribution in [0.3, 0.4) is 0 Å². The van der Waals surface area contributed by atoms with Crippen LogP contribution in [0.5, 0.6) is 0 Å². The summed E-state index contributed by atoms with van der Waals surface area (Å²) in [5, 5.41) is 2.69. The number of imide groups is 1. The third-order valence-corrected chi connectivity index (χ3v) is 4.50. The topological polar surface area (TPSA) is 75.7 Å². The minimum absolute atomic E-state index is 0.191. The monoisotopic (exact) mass is 378 g/mol. The average molecular weight is 378 g/mol. The molecule has 144 valence electrons. The lowest BCUT2D eigenvalue weighted by Crippen LogP contribution is -2.52. The quantitative estimate of drug-likeness (QED) is 0.826. The van der Waals surface area contributed by atoms with Crippen LogP contribution < -0.4 is 5.32 Å². The Morgan fingerprint density at radius 2 is 1.71 bits per heavy atom. The molecule has 3 rings (SSSR count).